The third-order valence-electron chi connectivity index (χ3n) is 6.23. The van der Waals surface area contributed by atoms with Gasteiger partial charge in [-0.3, -0.25) is 9.59 Å². The molecule has 7 nitrogen and oxygen atoms in total. The number of aromatic nitrogens is 1. The first-order chi connectivity index (χ1) is 16.4. The molecule has 0 unspecified atom stereocenters. The Hall–Kier alpha value is -3.91. The van der Waals surface area contributed by atoms with Gasteiger partial charge in [0.1, 0.15) is 0 Å². The van der Waals surface area contributed by atoms with E-state index in [0.717, 1.165) is 10.8 Å². The second-order valence-corrected chi connectivity index (χ2v) is 8.48. The number of carbonyl (C=O) groups excluding carboxylic acids is 2. The van der Waals surface area contributed by atoms with Crippen LogP contribution in [0.15, 0.2) is 48.5 Å². The number of morpholine rings is 1. The summed E-state index contributed by atoms with van der Waals surface area (Å²) in [4.78, 5) is 30.4. The number of aromatic amines is 1. The highest BCUT2D eigenvalue weighted by Crippen LogP contribution is 2.34. The molecule has 5 rings (SSSR count). The van der Waals surface area contributed by atoms with Crippen LogP contribution in [0.3, 0.4) is 0 Å². The van der Waals surface area contributed by atoms with Gasteiger partial charge in [0.05, 0.1) is 30.9 Å². The van der Waals surface area contributed by atoms with E-state index in [2.05, 4.69) is 4.98 Å². The highest BCUT2D eigenvalue weighted by molar-refractivity contribution is 6.17. The minimum absolute atomic E-state index is 0.00570. The van der Waals surface area contributed by atoms with Crippen molar-refractivity contribution in [1.29, 1.82) is 0 Å². The first kappa shape index (κ1) is 21.9. The summed E-state index contributed by atoms with van der Waals surface area (Å²) in [6.45, 7) is 3.54. The van der Waals surface area contributed by atoms with Gasteiger partial charge in [-0.25, -0.2) is 4.39 Å². The first-order valence-electron chi connectivity index (χ1n) is 11.0. The Bertz CT molecular complexity index is 1450. The van der Waals surface area contributed by atoms with E-state index < -0.39 is 11.7 Å². The number of nitrogens with one attached hydrogen (secondary N) is 1. The van der Waals surface area contributed by atoms with E-state index in [0.29, 0.717) is 47.4 Å². The van der Waals surface area contributed by atoms with Crippen LogP contribution in [0, 0.1) is 5.82 Å². The average molecular weight is 461 g/mol. The summed E-state index contributed by atoms with van der Waals surface area (Å²) in [5.74, 6) is -1.04. The van der Waals surface area contributed by atoms with E-state index in [-0.39, 0.29) is 23.3 Å². The predicted octanol–water partition coefficient (Wildman–Crippen LogP) is 4.10. The molecule has 2 amide bonds. The average Bonchev–Trinajstić information content (AvgIpc) is 3.20. The second kappa shape index (κ2) is 8.46. The molecule has 174 valence electrons. The van der Waals surface area contributed by atoms with Crippen LogP contribution in [0.1, 0.15) is 27.6 Å². The number of nitrogens with two attached hydrogens (primary N) is 1. The van der Waals surface area contributed by atoms with Gasteiger partial charge in [-0.2, -0.15) is 0 Å². The molecule has 2 heterocycles. The van der Waals surface area contributed by atoms with Crippen molar-refractivity contribution in [3.05, 3.63) is 65.5 Å². The lowest BCUT2D eigenvalue weighted by molar-refractivity contribution is -0.0124. The maximum absolute atomic E-state index is 14.3. The Morgan fingerprint density at radius 1 is 1.12 bits per heavy atom. The molecule has 3 N–H and O–H groups in total. The maximum atomic E-state index is 14.3. The summed E-state index contributed by atoms with van der Waals surface area (Å²) < 4.78 is 24.9. The lowest BCUT2D eigenvalue weighted by Crippen LogP contribution is -2.44. The minimum Gasteiger partial charge on any atom is -0.494 e. The van der Waals surface area contributed by atoms with Gasteiger partial charge in [-0.15, -0.1) is 0 Å². The molecular weight excluding hydrogens is 437 g/mol. The molecule has 1 aliphatic rings. The molecule has 1 aliphatic heterocycles. The van der Waals surface area contributed by atoms with Gasteiger partial charge < -0.3 is 25.1 Å². The Labute approximate surface area is 195 Å². The molecule has 3 aromatic carbocycles. The molecule has 4 aromatic rings. The number of amides is 2. The summed E-state index contributed by atoms with van der Waals surface area (Å²) in [6, 6.07) is 13.6. The Balaban J connectivity index is 1.62. The summed E-state index contributed by atoms with van der Waals surface area (Å²) in [5.41, 5.74) is 9.04. The second-order valence-electron chi connectivity index (χ2n) is 8.48. The van der Waals surface area contributed by atoms with Crippen molar-refractivity contribution < 1.29 is 23.5 Å². The van der Waals surface area contributed by atoms with Crippen molar-refractivity contribution in [2.75, 3.05) is 26.8 Å². The van der Waals surface area contributed by atoms with Gasteiger partial charge in [-0.1, -0.05) is 12.1 Å². The lowest BCUT2D eigenvalue weighted by atomic mass is 9.98. The zero-order valence-electron chi connectivity index (χ0n) is 18.9. The Morgan fingerprint density at radius 3 is 2.65 bits per heavy atom. The van der Waals surface area contributed by atoms with Crippen molar-refractivity contribution in [2.45, 2.75) is 13.0 Å². The molecule has 0 spiro atoms. The third-order valence-corrected chi connectivity index (χ3v) is 6.23. The number of halogens is 1. The molecule has 1 atom stereocenters. The number of carbonyl (C=O) groups is 2. The number of nitrogens with zero attached hydrogens (tertiary/aromatic N) is 1. The fraction of sp³-hybridized carbons (Fsp3) is 0.231. The number of ether oxygens (including phenoxy) is 2. The molecule has 34 heavy (non-hydrogen) atoms. The van der Waals surface area contributed by atoms with Crippen molar-refractivity contribution in [3.63, 3.8) is 0 Å². The monoisotopic (exact) mass is 461 g/mol. The van der Waals surface area contributed by atoms with Crippen LogP contribution in [0.4, 0.5) is 4.39 Å². The zero-order valence-corrected chi connectivity index (χ0v) is 18.9. The number of rotatable bonds is 4. The quantitative estimate of drug-likeness (QED) is 0.478. The maximum Gasteiger partial charge on any atom is 0.254 e. The van der Waals surface area contributed by atoms with Crippen LogP contribution < -0.4 is 10.5 Å². The predicted molar refractivity (Wildman–Crippen MR) is 128 cm³/mol. The van der Waals surface area contributed by atoms with Gasteiger partial charge in [0.25, 0.3) is 11.8 Å². The SMILES string of the molecule is COc1ccc(-c2cc(C(N)=O)c3[nH]c4cc(C(=O)N5CCO[C@@H](C)C5)ccc4c3c2)cc1F. The van der Waals surface area contributed by atoms with E-state index in [1.165, 1.54) is 13.2 Å². The van der Waals surface area contributed by atoms with Gasteiger partial charge in [0, 0.05) is 34.9 Å². The third kappa shape index (κ3) is 3.76. The molecule has 0 radical (unpaired) electrons. The van der Waals surface area contributed by atoms with Crippen LogP contribution in [-0.2, 0) is 4.74 Å². The number of hydrogen-bond acceptors (Lipinski definition) is 4. The fourth-order valence-corrected chi connectivity index (χ4v) is 4.53. The standard InChI is InChI=1S/C26H24FN3O4/c1-14-13-30(7-8-34-14)26(32)16-3-5-18-19-9-17(15-4-6-23(33-2)21(27)11-15)10-20(25(28)31)24(19)29-22(18)12-16/h3-6,9-12,14,29H,7-8,13H2,1-2H3,(H2,28,31)/t14-/m0/s1. The normalized spacial score (nSPS) is 16.2. The molecule has 0 saturated carbocycles. The van der Waals surface area contributed by atoms with E-state index in [9.17, 15) is 14.0 Å². The van der Waals surface area contributed by atoms with Gasteiger partial charge in [0.15, 0.2) is 11.6 Å². The topological polar surface area (TPSA) is 97.7 Å². The first-order valence-corrected chi connectivity index (χ1v) is 11.0. The largest absolute Gasteiger partial charge is 0.494 e. The van der Waals surface area contributed by atoms with Gasteiger partial charge in [-0.05, 0) is 54.4 Å². The molecular formula is C26H24FN3O4. The summed E-state index contributed by atoms with van der Waals surface area (Å²) >= 11 is 0. The Morgan fingerprint density at radius 2 is 1.94 bits per heavy atom. The number of primary amides is 1. The summed E-state index contributed by atoms with van der Waals surface area (Å²) in [7, 11) is 1.40. The minimum atomic E-state index is -0.606. The number of H-pyrrole nitrogens is 1. The lowest BCUT2D eigenvalue weighted by Gasteiger charge is -2.31. The summed E-state index contributed by atoms with van der Waals surface area (Å²) in [5, 5.41) is 1.59. The van der Waals surface area contributed by atoms with Crippen LogP contribution in [0.5, 0.6) is 5.75 Å². The Kier molecular flexibility index (Phi) is 5.45. The highest BCUT2D eigenvalue weighted by Gasteiger charge is 2.23. The number of methoxy groups -OCH3 is 1. The van der Waals surface area contributed by atoms with E-state index in [4.69, 9.17) is 15.2 Å². The van der Waals surface area contributed by atoms with Crippen molar-refractivity contribution in [3.8, 4) is 16.9 Å². The van der Waals surface area contributed by atoms with E-state index >= 15 is 0 Å². The van der Waals surface area contributed by atoms with Crippen molar-refractivity contribution in [2.24, 2.45) is 5.73 Å². The van der Waals surface area contributed by atoms with Crippen LogP contribution in [0.25, 0.3) is 32.9 Å². The molecule has 0 aliphatic carbocycles. The molecule has 8 heteroatoms. The number of benzene rings is 3. The molecule has 0 bridgehead atoms. The smallest absolute Gasteiger partial charge is 0.254 e. The molecule has 1 saturated heterocycles. The van der Waals surface area contributed by atoms with Crippen LogP contribution >= 0.6 is 0 Å². The number of hydrogen-bond donors (Lipinski definition) is 2. The van der Waals surface area contributed by atoms with Crippen LogP contribution in [-0.4, -0.2) is 54.6 Å². The highest BCUT2D eigenvalue weighted by atomic mass is 19.1. The van der Waals surface area contributed by atoms with Gasteiger partial charge >= 0.3 is 0 Å². The van der Waals surface area contributed by atoms with E-state index in [1.807, 2.05) is 19.1 Å². The van der Waals surface area contributed by atoms with Crippen molar-refractivity contribution >= 4 is 33.6 Å². The number of fused-ring (bicyclic) bond motifs is 3. The van der Waals surface area contributed by atoms with E-state index in [1.54, 1.807) is 35.2 Å². The zero-order chi connectivity index (χ0) is 24.0. The van der Waals surface area contributed by atoms with Crippen molar-refractivity contribution in [1.82, 2.24) is 9.88 Å². The summed E-state index contributed by atoms with van der Waals surface area (Å²) in [6.07, 6.45) is -0.00570. The molecule has 1 fully saturated rings. The fourth-order valence-electron chi connectivity index (χ4n) is 4.53. The molecule has 1 aromatic heterocycles. The van der Waals surface area contributed by atoms with Crippen LogP contribution in [0.2, 0.25) is 0 Å². The van der Waals surface area contributed by atoms with Gasteiger partial charge in [0.2, 0.25) is 0 Å².